The molecule has 188 valence electrons. The molecule has 2 unspecified atom stereocenters. The number of hydrogen-bond donors (Lipinski definition) is 0. The predicted octanol–water partition coefficient (Wildman–Crippen LogP) is -0.587. The molecule has 0 aromatic carbocycles. The van der Waals surface area contributed by atoms with Gasteiger partial charge in [0.2, 0.25) is 11.6 Å². The fourth-order valence-corrected chi connectivity index (χ4v) is 5.31. The molecule has 0 fully saturated rings. The quantitative estimate of drug-likeness (QED) is 0.308. The Bertz CT molecular complexity index is 1160. The molecule has 0 amide bonds. The number of ketones is 4. The zero-order valence-electron chi connectivity index (χ0n) is 19.1. The molecular formula is C20H22CaO12S2. The van der Waals surface area contributed by atoms with Gasteiger partial charge in [0.15, 0.2) is 23.1 Å². The average molecular weight is 559 g/mol. The molecule has 4 aliphatic rings. The average Bonchev–Trinajstić information content (AvgIpc) is 2.75. The maximum Gasteiger partial charge on any atom is 2.00 e. The summed E-state index contributed by atoms with van der Waals surface area (Å²) in [6.45, 7) is 2.48. The smallest absolute Gasteiger partial charge is 0.747 e. The first-order valence-electron chi connectivity index (χ1n) is 10.3. The van der Waals surface area contributed by atoms with E-state index < -0.39 is 65.7 Å². The van der Waals surface area contributed by atoms with E-state index in [4.69, 9.17) is 9.47 Å². The van der Waals surface area contributed by atoms with Crippen LogP contribution in [0.5, 0.6) is 0 Å². The molecule has 0 saturated carbocycles. The van der Waals surface area contributed by atoms with E-state index in [0.717, 1.165) is 13.8 Å². The third-order valence-electron chi connectivity index (χ3n) is 6.33. The van der Waals surface area contributed by atoms with Gasteiger partial charge in [-0.25, -0.2) is 16.8 Å². The fourth-order valence-electron chi connectivity index (χ4n) is 4.06. The van der Waals surface area contributed by atoms with Crippen LogP contribution in [0.2, 0.25) is 0 Å². The van der Waals surface area contributed by atoms with Crippen molar-refractivity contribution < 1.29 is 54.6 Å². The van der Waals surface area contributed by atoms with E-state index in [1.807, 2.05) is 0 Å². The van der Waals surface area contributed by atoms with E-state index in [9.17, 15) is 45.1 Å². The molecule has 0 bridgehead atoms. The van der Waals surface area contributed by atoms with Crippen LogP contribution in [-0.2, 0) is 48.9 Å². The van der Waals surface area contributed by atoms with Crippen molar-refractivity contribution in [1.29, 1.82) is 0 Å². The van der Waals surface area contributed by atoms with Crippen molar-refractivity contribution in [2.75, 3.05) is 13.2 Å². The van der Waals surface area contributed by atoms with E-state index in [2.05, 4.69) is 0 Å². The van der Waals surface area contributed by atoms with Crippen molar-refractivity contribution in [3.63, 3.8) is 0 Å². The van der Waals surface area contributed by atoms with Crippen molar-refractivity contribution in [3.8, 4) is 0 Å². The van der Waals surface area contributed by atoms with Crippen LogP contribution in [-0.4, -0.2) is 110 Å². The molecule has 0 saturated heterocycles. The van der Waals surface area contributed by atoms with Crippen LogP contribution in [0.1, 0.15) is 52.4 Å². The van der Waals surface area contributed by atoms with Crippen LogP contribution < -0.4 is 0 Å². The summed E-state index contributed by atoms with van der Waals surface area (Å²) in [5.41, 5.74) is 0.449. The van der Waals surface area contributed by atoms with Crippen LogP contribution in [0.25, 0.3) is 0 Å². The van der Waals surface area contributed by atoms with Gasteiger partial charge in [0.1, 0.15) is 29.7 Å². The molecule has 12 nitrogen and oxygen atoms in total. The van der Waals surface area contributed by atoms with Gasteiger partial charge in [-0.1, -0.05) is 0 Å². The first-order chi connectivity index (χ1) is 15.5. The first kappa shape index (κ1) is 30.1. The Morgan fingerprint density at radius 3 is 1.29 bits per heavy atom. The standard InChI is InChI=1S/2C10H12O6S.Ca/c2*1-10(17(13,14)15)5-7(11)6-3-2-4-16-8(6)9(10)12;/h2*2-5H2,1H3,(H,13,14,15);/q;;+2/p-2. The topological polar surface area (TPSA) is 201 Å². The summed E-state index contributed by atoms with van der Waals surface area (Å²) in [4.78, 5) is 47.4. The largest absolute Gasteiger partial charge is 2.00 e. The number of allylic oxidation sites excluding steroid dienone is 4. The van der Waals surface area contributed by atoms with Crippen LogP contribution >= 0.6 is 0 Å². The van der Waals surface area contributed by atoms with Crippen molar-refractivity contribution in [2.24, 2.45) is 0 Å². The Labute approximate surface area is 232 Å². The van der Waals surface area contributed by atoms with E-state index in [1.54, 1.807) is 0 Å². The molecular weight excluding hydrogens is 536 g/mol. The summed E-state index contributed by atoms with van der Waals surface area (Å²) in [5.74, 6) is -3.20. The van der Waals surface area contributed by atoms with Crippen LogP contribution in [0.3, 0.4) is 0 Å². The van der Waals surface area contributed by atoms with Gasteiger partial charge in [-0.05, 0) is 39.5 Å². The number of carbonyl (C=O) groups is 4. The third kappa shape index (κ3) is 5.29. The minimum absolute atomic E-state index is 0. The summed E-state index contributed by atoms with van der Waals surface area (Å²) in [6, 6.07) is 0. The van der Waals surface area contributed by atoms with Gasteiger partial charge in [-0.15, -0.1) is 0 Å². The summed E-state index contributed by atoms with van der Waals surface area (Å²) in [6.07, 6.45) is 0.848. The molecule has 2 aliphatic heterocycles. The van der Waals surface area contributed by atoms with Crippen LogP contribution in [0, 0.1) is 0 Å². The molecule has 15 heteroatoms. The number of ether oxygens (including phenoxy) is 2. The molecule has 35 heavy (non-hydrogen) atoms. The number of Topliss-reactive ketones (excluding diaryl/α,β-unsaturated/α-hetero) is 4. The summed E-state index contributed by atoms with van der Waals surface area (Å²) < 4.78 is 72.5. The first-order valence-corrected chi connectivity index (χ1v) is 13.1. The van der Waals surface area contributed by atoms with E-state index in [1.165, 1.54) is 0 Å². The Kier molecular flexibility index (Phi) is 8.85. The number of hydrogen-bond acceptors (Lipinski definition) is 12. The molecule has 0 N–H and O–H groups in total. The predicted molar refractivity (Wildman–Crippen MR) is 116 cm³/mol. The van der Waals surface area contributed by atoms with Crippen molar-refractivity contribution >= 4 is 81.1 Å². The Morgan fingerprint density at radius 1 is 0.686 bits per heavy atom. The molecule has 0 spiro atoms. The monoisotopic (exact) mass is 558 g/mol. The normalized spacial score (nSPS) is 29.1. The second kappa shape index (κ2) is 10.3. The van der Waals surface area contributed by atoms with Gasteiger partial charge < -0.3 is 18.6 Å². The second-order valence-corrected chi connectivity index (χ2v) is 12.4. The van der Waals surface area contributed by atoms with Gasteiger partial charge in [0.25, 0.3) is 0 Å². The molecule has 0 aromatic heterocycles. The molecule has 2 atom stereocenters. The number of rotatable bonds is 2. The summed E-state index contributed by atoms with van der Waals surface area (Å²) in [5, 5.41) is 0. The minimum Gasteiger partial charge on any atom is -0.747 e. The third-order valence-corrected chi connectivity index (χ3v) is 9.20. The minimum atomic E-state index is -4.89. The Hall–Kier alpha value is -1.16. The van der Waals surface area contributed by atoms with Crippen molar-refractivity contribution in [2.45, 2.75) is 61.9 Å². The fraction of sp³-hybridized carbons (Fsp3) is 0.600. The van der Waals surface area contributed by atoms with Gasteiger partial charge in [0, 0.05) is 24.0 Å². The van der Waals surface area contributed by atoms with Crippen LogP contribution in [0.4, 0.5) is 0 Å². The SMILES string of the molecule is CC1(S(=O)(=O)[O-])CC(=O)C2=C(OCCC2)C1=O.CC1(S(=O)(=O)[O-])CC(=O)C2=C(OCCC2)C1=O.[Ca+2]. The van der Waals surface area contributed by atoms with Gasteiger partial charge in [0.05, 0.1) is 13.2 Å². The van der Waals surface area contributed by atoms with Crippen molar-refractivity contribution in [3.05, 3.63) is 22.7 Å². The zero-order chi connectivity index (χ0) is 25.7. The Balaban J connectivity index is 0.000000240. The van der Waals surface area contributed by atoms with E-state index >= 15 is 0 Å². The molecule has 0 radical (unpaired) electrons. The van der Waals surface area contributed by atoms with Gasteiger partial charge in [-0.2, -0.15) is 0 Å². The second-order valence-electron chi connectivity index (χ2n) is 8.75. The molecule has 2 heterocycles. The zero-order valence-corrected chi connectivity index (χ0v) is 22.9. The molecule has 4 rings (SSSR count). The maximum atomic E-state index is 12.0. The van der Waals surface area contributed by atoms with Crippen LogP contribution in [0.15, 0.2) is 22.7 Å². The molecule has 2 aliphatic carbocycles. The van der Waals surface area contributed by atoms with E-state index in [0.29, 0.717) is 25.7 Å². The van der Waals surface area contributed by atoms with Gasteiger partial charge in [-0.3, -0.25) is 19.2 Å². The van der Waals surface area contributed by atoms with Crippen molar-refractivity contribution in [1.82, 2.24) is 0 Å². The van der Waals surface area contributed by atoms with E-state index in [-0.39, 0.29) is 73.6 Å². The summed E-state index contributed by atoms with van der Waals surface area (Å²) in [7, 11) is -9.79. The summed E-state index contributed by atoms with van der Waals surface area (Å²) >= 11 is 0. The number of carbonyl (C=O) groups excluding carboxylic acids is 4. The Morgan fingerprint density at radius 2 is 1.00 bits per heavy atom. The molecule has 0 aromatic rings. The maximum absolute atomic E-state index is 12.0. The van der Waals surface area contributed by atoms with Gasteiger partial charge >= 0.3 is 37.7 Å².